The largest absolute Gasteiger partial charge is 0.496 e. The van der Waals surface area contributed by atoms with Crippen LogP contribution in [0.3, 0.4) is 0 Å². The molecule has 0 N–H and O–H groups in total. The fraction of sp³-hybridized carbons (Fsp3) is 0.222. The molecule has 6 heteroatoms. The lowest BCUT2D eigenvalue weighted by Gasteiger charge is -2.24. The molecule has 0 bridgehead atoms. The summed E-state index contributed by atoms with van der Waals surface area (Å²) < 4.78 is 31.7. The molecule has 1 atom stereocenters. The highest BCUT2D eigenvalue weighted by atomic mass is 35.5. The molecule has 0 aliphatic rings. The first kappa shape index (κ1) is 18.5. The number of nitrogens with zero attached hydrogens (tertiary/aromatic N) is 1. The molecule has 24 heavy (non-hydrogen) atoms. The molecule has 0 spiro atoms. The molecule has 0 amide bonds. The van der Waals surface area contributed by atoms with Gasteiger partial charge in [0, 0.05) is 23.0 Å². The second-order valence-corrected chi connectivity index (χ2v) is 7.65. The zero-order valence-corrected chi connectivity index (χ0v) is 15.4. The topological polar surface area (TPSA) is 46.6 Å². The van der Waals surface area contributed by atoms with Gasteiger partial charge in [-0.25, -0.2) is 8.42 Å². The molecule has 0 aliphatic heterocycles. The molecule has 0 heterocycles. The van der Waals surface area contributed by atoms with Gasteiger partial charge in [0.2, 0.25) is 10.0 Å². The van der Waals surface area contributed by atoms with E-state index in [4.69, 9.17) is 16.3 Å². The van der Waals surface area contributed by atoms with Crippen LogP contribution in [-0.4, -0.2) is 26.9 Å². The Hall–Kier alpha value is -1.82. The van der Waals surface area contributed by atoms with Crippen LogP contribution in [0.15, 0.2) is 53.9 Å². The average molecular weight is 366 g/mol. The number of hydrogen-bond donors (Lipinski definition) is 0. The molecule has 0 radical (unpaired) electrons. The smallest absolute Gasteiger partial charge is 0.236 e. The van der Waals surface area contributed by atoms with Gasteiger partial charge in [0.1, 0.15) is 5.75 Å². The van der Waals surface area contributed by atoms with Crippen molar-refractivity contribution in [3.63, 3.8) is 0 Å². The van der Waals surface area contributed by atoms with E-state index in [1.54, 1.807) is 44.5 Å². The van der Waals surface area contributed by atoms with Crippen molar-refractivity contribution in [2.45, 2.75) is 13.0 Å². The number of benzene rings is 2. The summed E-state index contributed by atoms with van der Waals surface area (Å²) in [6.45, 7) is 1.82. The van der Waals surface area contributed by atoms with E-state index in [0.717, 1.165) is 11.1 Å². The summed E-state index contributed by atoms with van der Waals surface area (Å²) in [6, 6.07) is 14.0. The van der Waals surface area contributed by atoms with Crippen LogP contribution < -0.4 is 4.74 Å². The first-order valence-corrected chi connectivity index (χ1v) is 9.28. The minimum Gasteiger partial charge on any atom is -0.496 e. The van der Waals surface area contributed by atoms with Gasteiger partial charge in [0.05, 0.1) is 13.2 Å². The molecule has 0 saturated heterocycles. The Bertz CT molecular complexity index is 816. The van der Waals surface area contributed by atoms with Gasteiger partial charge < -0.3 is 4.74 Å². The zero-order chi connectivity index (χ0) is 17.7. The maximum atomic E-state index is 12.6. The van der Waals surface area contributed by atoms with E-state index in [-0.39, 0.29) is 6.04 Å². The van der Waals surface area contributed by atoms with Gasteiger partial charge in [-0.1, -0.05) is 41.9 Å². The summed E-state index contributed by atoms with van der Waals surface area (Å²) >= 11 is 5.83. The minimum atomic E-state index is -3.58. The third-order valence-electron chi connectivity index (χ3n) is 3.84. The highest BCUT2D eigenvalue weighted by Gasteiger charge is 2.24. The molecule has 0 saturated carbocycles. The SMILES string of the molecule is COc1ccccc1C(C)N(C)S(=O)(=O)/C=C/c1ccc(Cl)cc1. The molecule has 0 aliphatic carbocycles. The normalized spacial score (nSPS) is 13.4. The number of halogens is 1. The van der Waals surface area contributed by atoms with Crippen LogP contribution in [0.4, 0.5) is 0 Å². The van der Waals surface area contributed by atoms with E-state index in [1.165, 1.54) is 9.71 Å². The minimum absolute atomic E-state index is 0.360. The Balaban J connectivity index is 2.23. The first-order chi connectivity index (χ1) is 11.3. The van der Waals surface area contributed by atoms with Crippen molar-refractivity contribution < 1.29 is 13.2 Å². The molecule has 0 aromatic heterocycles. The standard InChI is InChI=1S/C18H20ClNO3S/c1-14(17-6-4-5-7-18(17)23-3)20(2)24(21,22)13-12-15-8-10-16(19)11-9-15/h4-14H,1-3H3/b13-12+. The van der Waals surface area contributed by atoms with E-state index >= 15 is 0 Å². The van der Waals surface area contributed by atoms with Gasteiger partial charge in [0.25, 0.3) is 0 Å². The number of sulfonamides is 1. The van der Waals surface area contributed by atoms with Crippen molar-refractivity contribution in [2.75, 3.05) is 14.2 Å². The van der Waals surface area contributed by atoms with Gasteiger partial charge in [-0.2, -0.15) is 4.31 Å². The summed E-state index contributed by atoms with van der Waals surface area (Å²) in [6.07, 6.45) is 1.55. The monoisotopic (exact) mass is 365 g/mol. The van der Waals surface area contributed by atoms with Crippen LogP contribution in [0, 0.1) is 0 Å². The Morgan fingerprint density at radius 1 is 1.12 bits per heavy atom. The Morgan fingerprint density at radius 3 is 2.38 bits per heavy atom. The van der Waals surface area contributed by atoms with Gasteiger partial charge >= 0.3 is 0 Å². The summed E-state index contributed by atoms with van der Waals surface area (Å²) in [4.78, 5) is 0. The van der Waals surface area contributed by atoms with Crippen molar-refractivity contribution in [2.24, 2.45) is 0 Å². The van der Waals surface area contributed by atoms with Gasteiger partial charge in [-0.3, -0.25) is 0 Å². The lowest BCUT2D eigenvalue weighted by molar-refractivity contribution is 0.370. The van der Waals surface area contributed by atoms with Gasteiger partial charge in [0.15, 0.2) is 0 Å². The maximum Gasteiger partial charge on any atom is 0.236 e. The van der Waals surface area contributed by atoms with Crippen molar-refractivity contribution in [3.8, 4) is 5.75 Å². The third-order valence-corrected chi connectivity index (χ3v) is 5.69. The van der Waals surface area contributed by atoms with E-state index < -0.39 is 10.0 Å². The van der Waals surface area contributed by atoms with Crippen LogP contribution >= 0.6 is 11.6 Å². The molecule has 128 valence electrons. The highest BCUT2D eigenvalue weighted by molar-refractivity contribution is 7.92. The fourth-order valence-electron chi connectivity index (χ4n) is 2.26. The number of para-hydroxylation sites is 1. The average Bonchev–Trinajstić information content (AvgIpc) is 2.60. The van der Waals surface area contributed by atoms with Crippen LogP contribution in [0.2, 0.25) is 5.02 Å². The van der Waals surface area contributed by atoms with Crippen LogP contribution in [0.5, 0.6) is 5.75 Å². The Labute approximate surface area is 148 Å². The summed E-state index contributed by atoms with van der Waals surface area (Å²) in [5.41, 5.74) is 1.58. The quantitative estimate of drug-likeness (QED) is 0.764. The van der Waals surface area contributed by atoms with Crippen LogP contribution in [0.25, 0.3) is 6.08 Å². The molecule has 1 unspecified atom stereocenters. The molecule has 4 nitrogen and oxygen atoms in total. The lowest BCUT2D eigenvalue weighted by Crippen LogP contribution is -2.28. The lowest BCUT2D eigenvalue weighted by atomic mass is 10.1. The summed E-state index contributed by atoms with van der Waals surface area (Å²) in [5, 5.41) is 1.80. The van der Waals surface area contributed by atoms with Gasteiger partial charge in [-0.15, -0.1) is 0 Å². The third kappa shape index (κ3) is 4.38. The predicted octanol–water partition coefficient (Wildman–Crippen LogP) is 4.34. The molecule has 0 fully saturated rings. The first-order valence-electron chi connectivity index (χ1n) is 7.40. The van der Waals surface area contributed by atoms with E-state index in [1.807, 2.05) is 31.2 Å². The van der Waals surface area contributed by atoms with Crippen LogP contribution in [0.1, 0.15) is 24.1 Å². The zero-order valence-electron chi connectivity index (χ0n) is 13.8. The van der Waals surface area contributed by atoms with E-state index in [2.05, 4.69) is 0 Å². The second kappa shape index (κ2) is 7.83. The maximum absolute atomic E-state index is 12.6. The van der Waals surface area contributed by atoms with Crippen molar-refractivity contribution in [1.29, 1.82) is 0 Å². The summed E-state index contributed by atoms with van der Waals surface area (Å²) in [7, 11) is -0.453. The molecular formula is C18H20ClNO3S. The number of hydrogen-bond acceptors (Lipinski definition) is 3. The van der Waals surface area contributed by atoms with Gasteiger partial charge in [-0.05, 0) is 36.8 Å². The van der Waals surface area contributed by atoms with Crippen LogP contribution in [-0.2, 0) is 10.0 Å². The number of ether oxygens (including phenoxy) is 1. The molecule has 2 rings (SSSR count). The number of methoxy groups -OCH3 is 1. The summed E-state index contributed by atoms with van der Waals surface area (Å²) in [5.74, 6) is 0.661. The van der Waals surface area contributed by atoms with Crippen molar-refractivity contribution in [3.05, 3.63) is 70.1 Å². The molecule has 2 aromatic carbocycles. The molecular weight excluding hydrogens is 346 g/mol. The van der Waals surface area contributed by atoms with Crippen molar-refractivity contribution >= 4 is 27.7 Å². The molecule has 2 aromatic rings. The van der Waals surface area contributed by atoms with E-state index in [0.29, 0.717) is 10.8 Å². The Kier molecular flexibility index (Phi) is 6.04. The predicted molar refractivity (Wildman–Crippen MR) is 98.6 cm³/mol. The number of rotatable bonds is 6. The van der Waals surface area contributed by atoms with E-state index in [9.17, 15) is 8.42 Å². The Morgan fingerprint density at radius 2 is 1.75 bits per heavy atom. The second-order valence-electron chi connectivity index (χ2n) is 5.33. The fourth-order valence-corrected chi connectivity index (χ4v) is 3.46. The highest BCUT2D eigenvalue weighted by Crippen LogP contribution is 2.30. The van der Waals surface area contributed by atoms with Crippen molar-refractivity contribution in [1.82, 2.24) is 4.31 Å².